The van der Waals surface area contributed by atoms with Crippen LogP contribution in [0.2, 0.25) is 0 Å². The van der Waals surface area contributed by atoms with Crippen molar-refractivity contribution >= 4 is 15.9 Å². The lowest BCUT2D eigenvalue weighted by molar-refractivity contribution is -0.0875. The van der Waals surface area contributed by atoms with Gasteiger partial charge in [0.2, 0.25) is 0 Å². The average Bonchev–Trinajstić information content (AvgIpc) is 2.38. The summed E-state index contributed by atoms with van der Waals surface area (Å²) in [6, 6.07) is 3.15. The van der Waals surface area contributed by atoms with E-state index >= 15 is 0 Å². The van der Waals surface area contributed by atoms with Crippen molar-refractivity contribution in [1.29, 1.82) is 0 Å². The van der Waals surface area contributed by atoms with E-state index in [0.717, 1.165) is 18.2 Å². The molecule has 106 valence electrons. The molecule has 3 atom stereocenters. The molecule has 0 spiro atoms. The van der Waals surface area contributed by atoms with Crippen LogP contribution in [0, 0.1) is 11.6 Å². The molecule has 0 aromatic heterocycles. The molecule has 0 bridgehead atoms. The molecule has 1 fully saturated rings. The molecule has 0 N–H and O–H groups in total. The Labute approximate surface area is 119 Å². The Bertz CT molecular complexity index is 430. The van der Waals surface area contributed by atoms with Crippen molar-refractivity contribution in [2.24, 2.45) is 0 Å². The highest BCUT2D eigenvalue weighted by Gasteiger charge is 2.42. The Morgan fingerprint density at radius 1 is 1.32 bits per heavy atom. The van der Waals surface area contributed by atoms with E-state index in [1.165, 1.54) is 0 Å². The summed E-state index contributed by atoms with van der Waals surface area (Å²) in [7, 11) is 1.59. The van der Waals surface area contributed by atoms with Crippen molar-refractivity contribution in [3.63, 3.8) is 0 Å². The van der Waals surface area contributed by atoms with Gasteiger partial charge in [-0.05, 0) is 12.1 Å². The standard InChI is InChI=1S/C13H15BrF2O3/c1-17-4-5-18-13-9(14)7-12(13)19-11-6-8(15)2-3-10(11)16/h2-3,6,9,12-13H,4-5,7H2,1H3. The summed E-state index contributed by atoms with van der Waals surface area (Å²) in [6.07, 6.45) is 0.225. The largest absolute Gasteiger partial charge is 0.484 e. The van der Waals surface area contributed by atoms with Gasteiger partial charge < -0.3 is 14.2 Å². The second-order valence-electron chi connectivity index (χ2n) is 4.31. The van der Waals surface area contributed by atoms with Crippen LogP contribution in [0.1, 0.15) is 6.42 Å². The van der Waals surface area contributed by atoms with Gasteiger partial charge in [0.15, 0.2) is 11.6 Å². The molecule has 0 saturated heterocycles. The lowest BCUT2D eigenvalue weighted by Gasteiger charge is -2.40. The van der Waals surface area contributed by atoms with E-state index in [1.54, 1.807) is 7.11 Å². The van der Waals surface area contributed by atoms with E-state index in [2.05, 4.69) is 15.9 Å². The van der Waals surface area contributed by atoms with Gasteiger partial charge in [0.1, 0.15) is 18.0 Å². The van der Waals surface area contributed by atoms with Gasteiger partial charge in [-0.3, -0.25) is 0 Å². The van der Waals surface area contributed by atoms with Crippen LogP contribution >= 0.6 is 15.9 Å². The number of halogens is 3. The van der Waals surface area contributed by atoms with Crippen LogP contribution in [0.25, 0.3) is 0 Å². The predicted molar refractivity (Wildman–Crippen MR) is 69.7 cm³/mol. The lowest BCUT2D eigenvalue weighted by Crippen LogP contribution is -2.52. The van der Waals surface area contributed by atoms with E-state index in [0.29, 0.717) is 19.6 Å². The number of methoxy groups -OCH3 is 1. The van der Waals surface area contributed by atoms with Crippen molar-refractivity contribution in [3.8, 4) is 5.75 Å². The topological polar surface area (TPSA) is 27.7 Å². The maximum atomic E-state index is 13.5. The predicted octanol–water partition coefficient (Wildman–Crippen LogP) is 2.91. The van der Waals surface area contributed by atoms with Crippen molar-refractivity contribution in [3.05, 3.63) is 29.8 Å². The first-order valence-corrected chi connectivity index (χ1v) is 6.89. The fourth-order valence-corrected chi connectivity index (χ4v) is 2.71. The van der Waals surface area contributed by atoms with Crippen molar-refractivity contribution in [1.82, 2.24) is 0 Å². The molecule has 0 aliphatic heterocycles. The average molecular weight is 337 g/mol. The molecule has 6 heteroatoms. The molecule has 0 amide bonds. The second kappa shape index (κ2) is 6.63. The highest BCUT2D eigenvalue weighted by Crippen LogP contribution is 2.35. The van der Waals surface area contributed by atoms with E-state index < -0.39 is 11.6 Å². The van der Waals surface area contributed by atoms with Crippen molar-refractivity contribution < 1.29 is 23.0 Å². The summed E-state index contributed by atoms with van der Waals surface area (Å²) in [6.45, 7) is 0.923. The van der Waals surface area contributed by atoms with Gasteiger partial charge in [-0.2, -0.15) is 0 Å². The maximum absolute atomic E-state index is 13.5. The molecule has 1 aromatic rings. The summed E-state index contributed by atoms with van der Waals surface area (Å²) >= 11 is 3.45. The molecule has 3 nitrogen and oxygen atoms in total. The fraction of sp³-hybridized carbons (Fsp3) is 0.538. The second-order valence-corrected chi connectivity index (χ2v) is 5.49. The van der Waals surface area contributed by atoms with Crippen LogP contribution in [-0.2, 0) is 9.47 Å². The highest BCUT2D eigenvalue weighted by molar-refractivity contribution is 9.09. The summed E-state index contributed by atoms with van der Waals surface area (Å²) in [5.74, 6) is -1.18. The Morgan fingerprint density at radius 2 is 2.11 bits per heavy atom. The molecule has 1 aliphatic carbocycles. The maximum Gasteiger partial charge on any atom is 0.165 e. The van der Waals surface area contributed by atoms with E-state index in [9.17, 15) is 8.78 Å². The Balaban J connectivity index is 1.93. The number of hydrogen-bond donors (Lipinski definition) is 0. The third-order valence-electron chi connectivity index (χ3n) is 2.95. The van der Waals surface area contributed by atoms with Gasteiger partial charge in [-0.25, -0.2) is 8.78 Å². The minimum atomic E-state index is -0.574. The molecule has 1 aliphatic rings. The molecule has 3 unspecified atom stereocenters. The molecule has 2 rings (SSSR count). The minimum absolute atomic E-state index is 0.0789. The number of alkyl halides is 1. The SMILES string of the molecule is COCCOC1C(Br)CC1Oc1cc(F)ccc1F. The Kier molecular flexibility index (Phi) is 5.13. The summed E-state index contributed by atoms with van der Waals surface area (Å²) in [4.78, 5) is 0.158. The number of benzene rings is 1. The Hall–Kier alpha value is -0.720. The summed E-state index contributed by atoms with van der Waals surface area (Å²) in [5, 5.41) is 0. The highest BCUT2D eigenvalue weighted by atomic mass is 79.9. The third-order valence-corrected chi connectivity index (χ3v) is 3.84. The molecule has 1 aromatic carbocycles. The monoisotopic (exact) mass is 336 g/mol. The first-order valence-electron chi connectivity index (χ1n) is 5.98. The van der Waals surface area contributed by atoms with E-state index in [-0.39, 0.29) is 22.8 Å². The van der Waals surface area contributed by atoms with Gasteiger partial charge in [0.25, 0.3) is 0 Å². The van der Waals surface area contributed by atoms with Crippen molar-refractivity contribution in [2.45, 2.75) is 23.5 Å². The third kappa shape index (κ3) is 3.64. The van der Waals surface area contributed by atoms with Crippen molar-refractivity contribution in [2.75, 3.05) is 20.3 Å². The van der Waals surface area contributed by atoms with E-state index in [1.807, 2.05) is 0 Å². The molecular weight excluding hydrogens is 322 g/mol. The first-order chi connectivity index (χ1) is 9.11. The van der Waals surface area contributed by atoms with Gasteiger partial charge in [0.05, 0.1) is 13.2 Å². The van der Waals surface area contributed by atoms with Gasteiger partial charge in [-0.1, -0.05) is 15.9 Å². The van der Waals surface area contributed by atoms with Crippen LogP contribution in [0.3, 0.4) is 0 Å². The lowest BCUT2D eigenvalue weighted by atomic mass is 9.91. The van der Waals surface area contributed by atoms with Crippen LogP contribution in [0.15, 0.2) is 18.2 Å². The molecule has 0 radical (unpaired) electrons. The van der Waals surface area contributed by atoms with Crippen LogP contribution in [0.5, 0.6) is 5.75 Å². The molecular formula is C13H15BrF2O3. The number of ether oxygens (including phenoxy) is 3. The van der Waals surface area contributed by atoms with Crippen LogP contribution in [0.4, 0.5) is 8.78 Å². The minimum Gasteiger partial charge on any atom is -0.484 e. The fourth-order valence-electron chi connectivity index (χ4n) is 1.85. The zero-order valence-electron chi connectivity index (χ0n) is 10.4. The Morgan fingerprint density at radius 3 is 2.79 bits per heavy atom. The summed E-state index contributed by atoms with van der Waals surface area (Å²) < 4.78 is 42.4. The van der Waals surface area contributed by atoms with Crippen LogP contribution in [-0.4, -0.2) is 37.4 Å². The van der Waals surface area contributed by atoms with E-state index in [4.69, 9.17) is 14.2 Å². The molecule has 0 heterocycles. The first kappa shape index (κ1) is 14.7. The quantitative estimate of drug-likeness (QED) is 0.590. The van der Waals surface area contributed by atoms with Crippen LogP contribution < -0.4 is 4.74 Å². The van der Waals surface area contributed by atoms with Gasteiger partial charge in [0, 0.05) is 24.4 Å². The van der Waals surface area contributed by atoms with Gasteiger partial charge >= 0.3 is 0 Å². The van der Waals surface area contributed by atoms with Gasteiger partial charge in [-0.15, -0.1) is 0 Å². The normalized spacial score (nSPS) is 26.0. The molecule has 1 saturated carbocycles. The zero-order chi connectivity index (χ0) is 13.8. The number of hydrogen-bond acceptors (Lipinski definition) is 3. The smallest absolute Gasteiger partial charge is 0.165 e. The number of rotatable bonds is 6. The molecule has 19 heavy (non-hydrogen) atoms. The summed E-state index contributed by atoms with van der Waals surface area (Å²) in [5.41, 5.74) is 0. The zero-order valence-corrected chi connectivity index (χ0v) is 12.0.